The molecule has 1 aromatic rings. The Balaban J connectivity index is 0.000000921. The maximum absolute atomic E-state index is 3.72. The van der Waals surface area contributed by atoms with Gasteiger partial charge in [-0.2, -0.15) is 11.3 Å². The Morgan fingerprint density at radius 3 is 2.40 bits per heavy atom. The monoisotopic (exact) mass is 220 g/mol. The lowest BCUT2D eigenvalue weighted by Gasteiger charge is -1.99. The fourth-order valence-corrected chi connectivity index (χ4v) is 2.06. The summed E-state index contributed by atoms with van der Waals surface area (Å²) in [6.45, 7) is 11.9. The first-order chi connectivity index (χ1) is 7.29. The summed E-state index contributed by atoms with van der Waals surface area (Å²) in [7, 11) is 0. The molecular weight excluding hydrogens is 200 g/mol. The van der Waals surface area contributed by atoms with E-state index in [1.807, 2.05) is 39.0 Å². The Hall–Kier alpha value is -1.08. The van der Waals surface area contributed by atoms with Gasteiger partial charge >= 0.3 is 0 Å². The van der Waals surface area contributed by atoms with Crippen LogP contribution in [-0.4, -0.2) is 0 Å². The quantitative estimate of drug-likeness (QED) is 0.612. The van der Waals surface area contributed by atoms with E-state index in [-0.39, 0.29) is 0 Å². The number of thiophene rings is 1. The van der Waals surface area contributed by atoms with Crippen LogP contribution in [0.2, 0.25) is 0 Å². The average Bonchev–Trinajstić information content (AvgIpc) is 2.67. The highest BCUT2D eigenvalue weighted by Gasteiger charge is 2.01. The molecule has 0 aliphatic rings. The first-order valence-corrected chi connectivity index (χ1v) is 6.22. The molecule has 0 spiro atoms. The van der Waals surface area contributed by atoms with E-state index in [1.54, 1.807) is 11.3 Å². The summed E-state index contributed by atoms with van der Waals surface area (Å²) < 4.78 is 0. The molecule has 0 nitrogen and oxygen atoms in total. The molecule has 0 saturated carbocycles. The SMILES string of the molecule is C=C/C=C(\C=C/C)c1cscc1C.CC. The van der Waals surface area contributed by atoms with E-state index < -0.39 is 0 Å². The van der Waals surface area contributed by atoms with Crippen LogP contribution in [0.1, 0.15) is 31.9 Å². The van der Waals surface area contributed by atoms with Crippen LogP contribution in [0, 0.1) is 6.92 Å². The van der Waals surface area contributed by atoms with E-state index in [0.29, 0.717) is 0 Å². The lowest BCUT2D eigenvalue weighted by atomic mass is 10.1. The first kappa shape index (κ1) is 13.9. The Morgan fingerprint density at radius 2 is 2.00 bits per heavy atom. The molecule has 0 aliphatic carbocycles. The Labute approximate surface area is 97.7 Å². The van der Waals surface area contributed by atoms with Crippen molar-refractivity contribution in [2.24, 2.45) is 0 Å². The van der Waals surface area contributed by atoms with Crippen molar-refractivity contribution in [3.8, 4) is 0 Å². The van der Waals surface area contributed by atoms with Crippen molar-refractivity contribution in [1.29, 1.82) is 0 Å². The second-order valence-corrected chi connectivity index (χ2v) is 3.57. The lowest BCUT2D eigenvalue weighted by molar-refractivity contribution is 1.50. The van der Waals surface area contributed by atoms with Crippen LogP contribution in [0.5, 0.6) is 0 Å². The minimum atomic E-state index is 1.23. The number of allylic oxidation sites excluding steroid dienone is 5. The second-order valence-electron chi connectivity index (χ2n) is 2.83. The Morgan fingerprint density at radius 1 is 1.33 bits per heavy atom. The third-order valence-corrected chi connectivity index (χ3v) is 2.67. The highest BCUT2D eigenvalue weighted by atomic mass is 32.1. The van der Waals surface area contributed by atoms with Crippen LogP contribution in [0.25, 0.3) is 5.57 Å². The maximum atomic E-state index is 3.72. The third-order valence-electron chi connectivity index (χ3n) is 1.81. The molecule has 1 rings (SSSR count). The van der Waals surface area contributed by atoms with E-state index in [2.05, 4.69) is 30.3 Å². The van der Waals surface area contributed by atoms with Crippen molar-refractivity contribution in [2.75, 3.05) is 0 Å². The van der Waals surface area contributed by atoms with Gasteiger partial charge in [0.25, 0.3) is 0 Å². The molecule has 82 valence electrons. The smallest absolute Gasteiger partial charge is 0.00120 e. The molecule has 0 saturated heterocycles. The van der Waals surface area contributed by atoms with Gasteiger partial charge in [-0.05, 0) is 41.3 Å². The molecule has 0 bridgehead atoms. The molecule has 1 aromatic heterocycles. The molecule has 0 N–H and O–H groups in total. The molecular formula is C14H20S. The van der Waals surface area contributed by atoms with E-state index >= 15 is 0 Å². The standard InChI is InChI=1S/C12H14S.C2H6/c1-4-6-11(7-5-2)12-9-13-8-10(12)3;1-2/h4-9H,1H2,2-3H3;1-2H3/b7-5-,11-6+;. The molecule has 0 fully saturated rings. The summed E-state index contributed by atoms with van der Waals surface area (Å²) in [4.78, 5) is 0. The van der Waals surface area contributed by atoms with E-state index in [0.717, 1.165) is 0 Å². The molecule has 0 aliphatic heterocycles. The van der Waals surface area contributed by atoms with Crippen LogP contribution < -0.4 is 0 Å². The molecule has 1 heterocycles. The van der Waals surface area contributed by atoms with Crippen molar-refractivity contribution in [3.05, 3.63) is 52.8 Å². The summed E-state index contributed by atoms with van der Waals surface area (Å²) in [6, 6.07) is 0. The minimum absolute atomic E-state index is 1.23. The fourth-order valence-electron chi connectivity index (χ4n) is 1.20. The van der Waals surface area contributed by atoms with Crippen molar-refractivity contribution < 1.29 is 0 Å². The molecule has 0 unspecified atom stereocenters. The summed E-state index contributed by atoms with van der Waals surface area (Å²) in [5.41, 5.74) is 3.87. The predicted octanol–water partition coefficient (Wildman–Crippen LogP) is 5.23. The van der Waals surface area contributed by atoms with Gasteiger partial charge in [0.15, 0.2) is 0 Å². The molecule has 15 heavy (non-hydrogen) atoms. The van der Waals surface area contributed by atoms with Gasteiger partial charge in [0.2, 0.25) is 0 Å². The minimum Gasteiger partial charge on any atom is -0.151 e. The average molecular weight is 220 g/mol. The zero-order chi connectivity index (χ0) is 11.7. The second kappa shape index (κ2) is 8.25. The van der Waals surface area contributed by atoms with Gasteiger partial charge in [-0.3, -0.25) is 0 Å². The normalized spacial score (nSPS) is 11.1. The highest BCUT2D eigenvalue weighted by molar-refractivity contribution is 7.08. The van der Waals surface area contributed by atoms with Gasteiger partial charge in [-0.15, -0.1) is 0 Å². The zero-order valence-electron chi connectivity index (χ0n) is 10.1. The van der Waals surface area contributed by atoms with Gasteiger partial charge in [0.05, 0.1) is 0 Å². The summed E-state index contributed by atoms with van der Waals surface area (Å²) in [5.74, 6) is 0. The molecule has 1 heteroatoms. The van der Waals surface area contributed by atoms with Gasteiger partial charge < -0.3 is 0 Å². The predicted molar refractivity (Wildman–Crippen MR) is 73.4 cm³/mol. The van der Waals surface area contributed by atoms with Gasteiger partial charge in [-0.25, -0.2) is 0 Å². The van der Waals surface area contributed by atoms with E-state index in [4.69, 9.17) is 0 Å². The Kier molecular flexibility index (Phi) is 7.65. The number of rotatable bonds is 3. The third kappa shape index (κ3) is 4.30. The van der Waals surface area contributed by atoms with Crippen LogP contribution in [0.15, 0.2) is 41.6 Å². The number of hydrogen-bond acceptors (Lipinski definition) is 1. The van der Waals surface area contributed by atoms with Crippen LogP contribution in [0.4, 0.5) is 0 Å². The number of hydrogen-bond donors (Lipinski definition) is 0. The maximum Gasteiger partial charge on any atom is -0.00120 e. The van der Waals surface area contributed by atoms with Crippen molar-refractivity contribution in [3.63, 3.8) is 0 Å². The number of aryl methyl sites for hydroxylation is 1. The molecule has 0 aromatic carbocycles. The first-order valence-electron chi connectivity index (χ1n) is 5.28. The lowest BCUT2D eigenvalue weighted by Crippen LogP contribution is -1.79. The molecule has 0 amide bonds. The largest absolute Gasteiger partial charge is 0.151 e. The van der Waals surface area contributed by atoms with Crippen LogP contribution in [-0.2, 0) is 0 Å². The summed E-state index contributed by atoms with van der Waals surface area (Å²) in [6.07, 6.45) is 8.02. The fraction of sp³-hybridized carbons (Fsp3) is 0.286. The van der Waals surface area contributed by atoms with Gasteiger partial charge in [0, 0.05) is 0 Å². The highest BCUT2D eigenvalue weighted by Crippen LogP contribution is 2.23. The van der Waals surface area contributed by atoms with Crippen LogP contribution in [0.3, 0.4) is 0 Å². The molecule has 0 radical (unpaired) electrons. The van der Waals surface area contributed by atoms with E-state index in [9.17, 15) is 0 Å². The molecule has 0 atom stereocenters. The van der Waals surface area contributed by atoms with Crippen molar-refractivity contribution in [2.45, 2.75) is 27.7 Å². The van der Waals surface area contributed by atoms with E-state index in [1.165, 1.54) is 16.7 Å². The van der Waals surface area contributed by atoms with Gasteiger partial charge in [0.1, 0.15) is 0 Å². The van der Waals surface area contributed by atoms with Crippen LogP contribution >= 0.6 is 11.3 Å². The summed E-state index contributed by atoms with van der Waals surface area (Å²) in [5, 5.41) is 4.33. The zero-order valence-corrected chi connectivity index (χ0v) is 10.9. The van der Waals surface area contributed by atoms with Gasteiger partial charge in [-0.1, -0.05) is 44.7 Å². The van der Waals surface area contributed by atoms with Crippen molar-refractivity contribution >= 4 is 16.9 Å². The van der Waals surface area contributed by atoms with Crippen molar-refractivity contribution in [1.82, 2.24) is 0 Å². The summed E-state index contributed by atoms with van der Waals surface area (Å²) >= 11 is 1.74. The Bertz CT molecular complexity index is 340. The topological polar surface area (TPSA) is 0 Å².